The standard InChI is InChI=1S/C16H12ClN5O2S2/c17-13-2-1-11(25-13)15(24)22-6-3-9-12(8-22)26-16(20-9)21-14(23)10-7-18-4-5-19-10/h1-2,4-5,7H,3,6,8H2,(H,20,21,23). The molecule has 7 nitrogen and oxygen atoms in total. The van der Waals surface area contributed by atoms with Crippen LogP contribution >= 0.6 is 34.3 Å². The number of nitrogens with zero attached hydrogens (tertiary/aromatic N) is 4. The number of aromatic nitrogens is 3. The van der Waals surface area contributed by atoms with Gasteiger partial charge in [-0.25, -0.2) is 9.97 Å². The van der Waals surface area contributed by atoms with Crippen LogP contribution in [0, 0.1) is 0 Å². The maximum Gasteiger partial charge on any atom is 0.277 e. The summed E-state index contributed by atoms with van der Waals surface area (Å²) in [6.07, 6.45) is 5.01. The van der Waals surface area contributed by atoms with Crippen LogP contribution in [-0.4, -0.2) is 38.2 Å². The summed E-state index contributed by atoms with van der Waals surface area (Å²) in [6.45, 7) is 1.06. The van der Waals surface area contributed by atoms with Gasteiger partial charge in [0.15, 0.2) is 5.13 Å². The lowest BCUT2D eigenvalue weighted by molar-refractivity contribution is 0.0741. The molecule has 26 heavy (non-hydrogen) atoms. The molecule has 0 saturated carbocycles. The second-order valence-corrected chi connectivity index (χ2v) is 8.31. The minimum absolute atomic E-state index is 0.0360. The molecule has 0 fully saturated rings. The number of nitrogens with one attached hydrogen (secondary N) is 1. The first-order chi connectivity index (χ1) is 12.6. The molecular weight excluding hydrogens is 394 g/mol. The Morgan fingerprint density at radius 2 is 2.12 bits per heavy atom. The molecule has 0 atom stereocenters. The summed E-state index contributed by atoms with van der Waals surface area (Å²) in [7, 11) is 0. The van der Waals surface area contributed by atoms with Gasteiger partial charge < -0.3 is 4.90 Å². The van der Waals surface area contributed by atoms with E-state index in [0.717, 1.165) is 10.6 Å². The zero-order chi connectivity index (χ0) is 18.1. The van der Waals surface area contributed by atoms with Gasteiger partial charge in [0.05, 0.1) is 27.6 Å². The summed E-state index contributed by atoms with van der Waals surface area (Å²) in [5, 5.41) is 3.24. The Morgan fingerprint density at radius 3 is 2.85 bits per heavy atom. The van der Waals surface area contributed by atoms with Crippen molar-refractivity contribution in [3.8, 4) is 0 Å². The van der Waals surface area contributed by atoms with Crippen molar-refractivity contribution >= 4 is 51.2 Å². The highest BCUT2D eigenvalue weighted by Gasteiger charge is 2.26. The van der Waals surface area contributed by atoms with Crippen LogP contribution in [0.5, 0.6) is 0 Å². The number of hydrogen-bond acceptors (Lipinski definition) is 7. The molecule has 2 amide bonds. The van der Waals surface area contributed by atoms with Gasteiger partial charge in [-0.3, -0.25) is 19.9 Å². The van der Waals surface area contributed by atoms with Gasteiger partial charge in [-0.15, -0.1) is 11.3 Å². The fraction of sp³-hybridized carbons (Fsp3) is 0.188. The molecule has 4 heterocycles. The van der Waals surface area contributed by atoms with Crippen LogP contribution in [0.25, 0.3) is 0 Å². The van der Waals surface area contributed by atoms with Crippen molar-refractivity contribution < 1.29 is 9.59 Å². The Balaban J connectivity index is 1.47. The van der Waals surface area contributed by atoms with Gasteiger partial charge in [0.25, 0.3) is 11.8 Å². The summed E-state index contributed by atoms with van der Waals surface area (Å²) >= 11 is 8.56. The number of amides is 2. The Bertz CT molecular complexity index is 972. The molecule has 0 aliphatic carbocycles. The smallest absolute Gasteiger partial charge is 0.277 e. The monoisotopic (exact) mass is 405 g/mol. The molecule has 0 bridgehead atoms. The highest BCUT2D eigenvalue weighted by atomic mass is 35.5. The minimum atomic E-state index is -0.356. The Kier molecular flexibility index (Phi) is 4.66. The van der Waals surface area contributed by atoms with E-state index < -0.39 is 0 Å². The van der Waals surface area contributed by atoms with E-state index in [1.807, 2.05) is 0 Å². The summed E-state index contributed by atoms with van der Waals surface area (Å²) in [6, 6.07) is 3.46. The van der Waals surface area contributed by atoms with Crippen LogP contribution < -0.4 is 5.32 Å². The van der Waals surface area contributed by atoms with Crippen LogP contribution in [-0.2, 0) is 13.0 Å². The Hall–Kier alpha value is -2.36. The zero-order valence-electron chi connectivity index (χ0n) is 13.3. The first kappa shape index (κ1) is 17.1. The van der Waals surface area contributed by atoms with Gasteiger partial charge in [-0.05, 0) is 12.1 Å². The number of rotatable bonds is 3. The Morgan fingerprint density at radius 1 is 1.23 bits per heavy atom. The fourth-order valence-corrected chi connectivity index (χ4v) is 4.61. The van der Waals surface area contributed by atoms with Crippen LogP contribution in [0.2, 0.25) is 4.34 Å². The minimum Gasteiger partial charge on any atom is -0.332 e. The van der Waals surface area contributed by atoms with E-state index in [1.165, 1.54) is 41.3 Å². The van der Waals surface area contributed by atoms with Crippen molar-refractivity contribution in [2.75, 3.05) is 11.9 Å². The topological polar surface area (TPSA) is 88.1 Å². The third-order valence-corrected chi connectivity index (χ3v) is 6.04. The summed E-state index contributed by atoms with van der Waals surface area (Å²) in [5.41, 5.74) is 1.14. The predicted molar refractivity (Wildman–Crippen MR) is 99.9 cm³/mol. The molecule has 1 aliphatic heterocycles. The second-order valence-electron chi connectivity index (χ2n) is 5.51. The van der Waals surface area contributed by atoms with Gasteiger partial charge in [-0.1, -0.05) is 22.9 Å². The lowest BCUT2D eigenvalue weighted by atomic mass is 10.2. The maximum atomic E-state index is 12.6. The molecule has 3 aromatic rings. The van der Waals surface area contributed by atoms with Crippen molar-refractivity contribution in [2.45, 2.75) is 13.0 Å². The van der Waals surface area contributed by atoms with Gasteiger partial charge in [0.2, 0.25) is 0 Å². The zero-order valence-corrected chi connectivity index (χ0v) is 15.7. The average Bonchev–Trinajstić information content (AvgIpc) is 3.26. The molecule has 3 aromatic heterocycles. The summed E-state index contributed by atoms with van der Waals surface area (Å²) in [4.78, 5) is 40.4. The molecule has 0 unspecified atom stereocenters. The predicted octanol–water partition coefficient (Wildman–Crippen LogP) is 3.10. The molecule has 0 saturated heterocycles. The fourth-order valence-electron chi connectivity index (χ4n) is 2.58. The Labute approximate surface area is 161 Å². The molecule has 0 aromatic carbocycles. The highest BCUT2D eigenvalue weighted by Crippen LogP contribution is 2.30. The number of anilines is 1. The molecule has 0 spiro atoms. The first-order valence-corrected chi connectivity index (χ1v) is 9.72. The van der Waals surface area contributed by atoms with Crippen molar-refractivity contribution in [1.82, 2.24) is 19.9 Å². The van der Waals surface area contributed by atoms with Crippen molar-refractivity contribution in [3.63, 3.8) is 0 Å². The number of thiazole rings is 1. The third kappa shape index (κ3) is 3.46. The molecule has 132 valence electrons. The van der Waals surface area contributed by atoms with E-state index in [9.17, 15) is 9.59 Å². The molecular formula is C16H12ClN5O2S2. The van der Waals surface area contributed by atoms with Gasteiger partial charge >= 0.3 is 0 Å². The van der Waals surface area contributed by atoms with Gasteiger partial charge in [0.1, 0.15) is 5.69 Å². The van der Waals surface area contributed by atoms with Crippen molar-refractivity contribution in [2.24, 2.45) is 0 Å². The molecule has 0 radical (unpaired) electrons. The lowest BCUT2D eigenvalue weighted by Crippen LogP contribution is -2.35. The molecule has 4 rings (SSSR count). The van der Waals surface area contributed by atoms with E-state index in [1.54, 1.807) is 17.0 Å². The van der Waals surface area contributed by atoms with Crippen molar-refractivity contribution in [3.05, 3.63) is 56.2 Å². The normalized spacial score (nSPS) is 13.3. The number of thiophene rings is 1. The number of fused-ring (bicyclic) bond motifs is 1. The SMILES string of the molecule is O=C(Nc1nc2c(s1)CN(C(=O)c1ccc(Cl)s1)CC2)c1cnccn1. The quantitative estimate of drug-likeness (QED) is 0.723. The van der Waals surface area contributed by atoms with Crippen LogP contribution in [0.4, 0.5) is 5.13 Å². The maximum absolute atomic E-state index is 12.6. The number of hydrogen-bond donors (Lipinski definition) is 1. The van der Waals surface area contributed by atoms with Crippen LogP contribution in [0.1, 0.15) is 30.7 Å². The number of carbonyl (C=O) groups is 2. The van der Waals surface area contributed by atoms with E-state index in [2.05, 4.69) is 20.3 Å². The first-order valence-electron chi connectivity index (χ1n) is 7.71. The van der Waals surface area contributed by atoms with Gasteiger partial charge in [0, 0.05) is 30.2 Å². The van der Waals surface area contributed by atoms with E-state index in [-0.39, 0.29) is 17.5 Å². The average molecular weight is 406 g/mol. The third-order valence-electron chi connectivity index (χ3n) is 3.82. The number of halogens is 1. The van der Waals surface area contributed by atoms with E-state index in [0.29, 0.717) is 33.9 Å². The summed E-state index contributed by atoms with van der Waals surface area (Å²) < 4.78 is 0.595. The summed E-state index contributed by atoms with van der Waals surface area (Å²) in [5.74, 6) is -0.392. The van der Waals surface area contributed by atoms with Crippen LogP contribution in [0.3, 0.4) is 0 Å². The van der Waals surface area contributed by atoms with E-state index in [4.69, 9.17) is 11.6 Å². The lowest BCUT2D eigenvalue weighted by Gasteiger charge is -2.25. The highest BCUT2D eigenvalue weighted by molar-refractivity contribution is 7.18. The largest absolute Gasteiger partial charge is 0.332 e. The number of carbonyl (C=O) groups excluding carboxylic acids is 2. The molecule has 1 aliphatic rings. The molecule has 10 heteroatoms. The molecule has 1 N–H and O–H groups in total. The van der Waals surface area contributed by atoms with Gasteiger partial charge in [-0.2, -0.15) is 0 Å². The second kappa shape index (κ2) is 7.10. The van der Waals surface area contributed by atoms with Crippen LogP contribution in [0.15, 0.2) is 30.7 Å². The van der Waals surface area contributed by atoms with Crippen molar-refractivity contribution in [1.29, 1.82) is 0 Å². The van der Waals surface area contributed by atoms with E-state index >= 15 is 0 Å².